The van der Waals surface area contributed by atoms with Crippen LogP contribution in [0.3, 0.4) is 0 Å². The number of carbonyl (C=O) groups is 1. The first kappa shape index (κ1) is 17.3. The Kier molecular flexibility index (Phi) is 4.43. The largest absolute Gasteiger partial charge is 0.365 e. The monoisotopic (exact) mass is 365 g/mol. The van der Waals surface area contributed by atoms with Gasteiger partial charge in [-0.1, -0.05) is 12.1 Å². The summed E-state index contributed by atoms with van der Waals surface area (Å²) < 4.78 is 2.90. The average Bonchev–Trinajstić information content (AvgIpc) is 3.13. The molecule has 0 N–H and O–H groups in total. The van der Waals surface area contributed by atoms with Gasteiger partial charge in [0.05, 0.1) is 0 Å². The van der Waals surface area contributed by atoms with Gasteiger partial charge in [0.1, 0.15) is 18.4 Å². The van der Waals surface area contributed by atoms with E-state index in [1.54, 1.807) is 29.1 Å². The number of carbonyl (C=O) groups excluding carboxylic acids is 1. The van der Waals surface area contributed by atoms with Crippen LogP contribution in [0.15, 0.2) is 53.7 Å². The number of hydrogen-bond acceptors (Lipinski definition) is 4. The maximum atomic E-state index is 12.7. The van der Waals surface area contributed by atoms with Crippen molar-refractivity contribution in [2.45, 2.75) is 26.4 Å². The van der Waals surface area contributed by atoms with Crippen molar-refractivity contribution in [1.29, 1.82) is 0 Å². The molecule has 1 saturated heterocycles. The fraction of sp³-hybridized carbons (Fsp3) is 0.350. The van der Waals surface area contributed by atoms with E-state index in [1.165, 1.54) is 15.9 Å². The van der Waals surface area contributed by atoms with Crippen LogP contribution in [-0.4, -0.2) is 50.7 Å². The Balaban J connectivity index is 1.46. The molecule has 1 atom stereocenters. The SMILES string of the molecule is Cc1cccc(N2CCN(C(=O)Cn3ncn4cccc4c3=O)CC2C)c1. The molecule has 1 aliphatic rings. The van der Waals surface area contributed by atoms with Crippen LogP contribution in [0, 0.1) is 6.92 Å². The van der Waals surface area contributed by atoms with E-state index in [0.29, 0.717) is 18.6 Å². The molecule has 3 aromatic rings. The fourth-order valence-electron chi connectivity index (χ4n) is 3.69. The summed E-state index contributed by atoms with van der Waals surface area (Å²) in [5, 5.41) is 4.11. The second-order valence-corrected chi connectivity index (χ2v) is 7.12. The third kappa shape index (κ3) is 3.32. The summed E-state index contributed by atoms with van der Waals surface area (Å²) in [4.78, 5) is 29.3. The molecule has 0 spiro atoms. The molecule has 140 valence electrons. The first-order valence-electron chi connectivity index (χ1n) is 9.17. The van der Waals surface area contributed by atoms with E-state index in [-0.39, 0.29) is 24.1 Å². The van der Waals surface area contributed by atoms with Gasteiger partial charge >= 0.3 is 0 Å². The second-order valence-electron chi connectivity index (χ2n) is 7.12. The zero-order chi connectivity index (χ0) is 19.0. The van der Waals surface area contributed by atoms with Gasteiger partial charge in [-0.15, -0.1) is 0 Å². The number of rotatable bonds is 3. The van der Waals surface area contributed by atoms with Crippen molar-refractivity contribution in [2.24, 2.45) is 0 Å². The van der Waals surface area contributed by atoms with Crippen LogP contribution < -0.4 is 10.5 Å². The van der Waals surface area contributed by atoms with E-state index < -0.39 is 0 Å². The number of aryl methyl sites for hydroxylation is 1. The molecule has 7 nitrogen and oxygen atoms in total. The van der Waals surface area contributed by atoms with Gasteiger partial charge in [-0.3, -0.25) is 9.59 Å². The number of fused-ring (bicyclic) bond motifs is 1. The second kappa shape index (κ2) is 6.90. The summed E-state index contributed by atoms with van der Waals surface area (Å²) in [6.45, 7) is 6.22. The van der Waals surface area contributed by atoms with Crippen LogP contribution >= 0.6 is 0 Å². The number of benzene rings is 1. The number of aromatic nitrogens is 3. The Bertz CT molecular complexity index is 1040. The third-order valence-corrected chi connectivity index (χ3v) is 5.15. The predicted molar refractivity (Wildman–Crippen MR) is 104 cm³/mol. The Labute approximate surface area is 157 Å². The summed E-state index contributed by atoms with van der Waals surface area (Å²) >= 11 is 0. The summed E-state index contributed by atoms with van der Waals surface area (Å²) in [7, 11) is 0. The molecule has 0 radical (unpaired) electrons. The molecular formula is C20H23N5O2. The first-order valence-corrected chi connectivity index (χ1v) is 9.17. The molecule has 7 heteroatoms. The summed E-state index contributed by atoms with van der Waals surface area (Å²) in [6.07, 6.45) is 3.32. The first-order chi connectivity index (χ1) is 13.0. The molecule has 1 amide bonds. The van der Waals surface area contributed by atoms with Crippen molar-refractivity contribution in [3.05, 3.63) is 64.8 Å². The molecule has 2 aromatic heterocycles. The molecule has 0 saturated carbocycles. The Hall–Kier alpha value is -3.09. The standard InChI is InChI=1S/C20H23N5O2/c1-15-5-3-6-17(11-15)24-10-9-22(12-16(24)2)19(26)13-25-20(27)18-7-4-8-23(18)14-21-25/h3-8,11,14,16H,9-10,12-13H2,1-2H3. The topological polar surface area (TPSA) is 62.9 Å². The van der Waals surface area contributed by atoms with E-state index in [9.17, 15) is 9.59 Å². The van der Waals surface area contributed by atoms with Gasteiger partial charge in [-0.05, 0) is 43.7 Å². The van der Waals surface area contributed by atoms with Crippen molar-refractivity contribution >= 4 is 17.1 Å². The molecule has 1 fully saturated rings. The normalized spacial score (nSPS) is 17.5. The van der Waals surface area contributed by atoms with E-state index >= 15 is 0 Å². The van der Waals surface area contributed by atoms with Crippen LogP contribution in [0.5, 0.6) is 0 Å². The number of piperazine rings is 1. The molecule has 4 rings (SSSR count). The number of anilines is 1. The lowest BCUT2D eigenvalue weighted by Gasteiger charge is -2.41. The van der Waals surface area contributed by atoms with Crippen molar-refractivity contribution < 1.29 is 4.79 Å². The van der Waals surface area contributed by atoms with Gasteiger partial charge in [0.25, 0.3) is 5.56 Å². The molecule has 0 aliphatic carbocycles. The van der Waals surface area contributed by atoms with Crippen molar-refractivity contribution in [3.8, 4) is 0 Å². The van der Waals surface area contributed by atoms with Crippen molar-refractivity contribution in [2.75, 3.05) is 24.5 Å². The molecule has 0 bridgehead atoms. The Morgan fingerprint density at radius 3 is 2.85 bits per heavy atom. The highest BCUT2D eigenvalue weighted by molar-refractivity contribution is 5.76. The smallest absolute Gasteiger partial charge is 0.291 e. The van der Waals surface area contributed by atoms with E-state index in [0.717, 1.165) is 6.54 Å². The third-order valence-electron chi connectivity index (χ3n) is 5.15. The summed E-state index contributed by atoms with van der Waals surface area (Å²) in [6, 6.07) is 12.2. The van der Waals surface area contributed by atoms with Crippen LogP contribution in [-0.2, 0) is 11.3 Å². The van der Waals surface area contributed by atoms with Crippen LogP contribution in [0.4, 0.5) is 5.69 Å². The maximum Gasteiger partial charge on any atom is 0.291 e. The van der Waals surface area contributed by atoms with Gasteiger partial charge in [-0.25, -0.2) is 4.68 Å². The zero-order valence-electron chi connectivity index (χ0n) is 15.6. The minimum absolute atomic E-state index is 0.0301. The highest BCUT2D eigenvalue weighted by Crippen LogP contribution is 2.21. The number of hydrogen-bond donors (Lipinski definition) is 0. The highest BCUT2D eigenvalue weighted by atomic mass is 16.2. The van der Waals surface area contributed by atoms with E-state index in [2.05, 4.69) is 48.1 Å². The quantitative estimate of drug-likeness (QED) is 0.706. The van der Waals surface area contributed by atoms with Gasteiger partial charge in [0.2, 0.25) is 5.91 Å². The van der Waals surface area contributed by atoms with Crippen LogP contribution in [0.1, 0.15) is 12.5 Å². The molecular weight excluding hydrogens is 342 g/mol. The number of amides is 1. The zero-order valence-corrected chi connectivity index (χ0v) is 15.6. The van der Waals surface area contributed by atoms with Crippen LogP contribution in [0.2, 0.25) is 0 Å². The average molecular weight is 365 g/mol. The number of nitrogens with zero attached hydrogens (tertiary/aromatic N) is 5. The predicted octanol–water partition coefficient (Wildman–Crippen LogP) is 1.54. The minimum Gasteiger partial charge on any atom is -0.365 e. The molecule has 3 heterocycles. The van der Waals surface area contributed by atoms with E-state index in [1.807, 2.05) is 4.90 Å². The van der Waals surface area contributed by atoms with Gasteiger partial charge in [0.15, 0.2) is 0 Å². The van der Waals surface area contributed by atoms with E-state index in [4.69, 9.17) is 0 Å². The Morgan fingerprint density at radius 2 is 2.07 bits per heavy atom. The summed E-state index contributed by atoms with van der Waals surface area (Å²) in [5.41, 5.74) is 2.69. The minimum atomic E-state index is -0.248. The molecule has 1 aromatic carbocycles. The van der Waals surface area contributed by atoms with Crippen molar-refractivity contribution in [1.82, 2.24) is 19.1 Å². The van der Waals surface area contributed by atoms with Gasteiger partial charge in [-0.2, -0.15) is 5.10 Å². The fourth-order valence-corrected chi connectivity index (χ4v) is 3.69. The molecule has 27 heavy (non-hydrogen) atoms. The highest BCUT2D eigenvalue weighted by Gasteiger charge is 2.27. The molecule has 1 unspecified atom stereocenters. The summed E-state index contributed by atoms with van der Waals surface area (Å²) in [5.74, 6) is -0.0729. The van der Waals surface area contributed by atoms with Gasteiger partial charge < -0.3 is 14.2 Å². The van der Waals surface area contributed by atoms with Crippen LogP contribution in [0.25, 0.3) is 5.52 Å². The molecule has 1 aliphatic heterocycles. The lowest BCUT2D eigenvalue weighted by Crippen LogP contribution is -2.54. The Morgan fingerprint density at radius 1 is 1.22 bits per heavy atom. The maximum absolute atomic E-state index is 12.7. The lowest BCUT2D eigenvalue weighted by molar-refractivity contribution is -0.132. The van der Waals surface area contributed by atoms with Gasteiger partial charge in [0, 0.05) is 37.6 Å². The lowest BCUT2D eigenvalue weighted by atomic mass is 10.1. The van der Waals surface area contributed by atoms with Crippen molar-refractivity contribution in [3.63, 3.8) is 0 Å².